The number of nitrogens with zero attached hydrogens (tertiary/aromatic N) is 3. The molecule has 1 fully saturated rings. The van der Waals surface area contributed by atoms with Crippen molar-refractivity contribution in [3.63, 3.8) is 0 Å². The van der Waals surface area contributed by atoms with Crippen molar-refractivity contribution in [2.24, 2.45) is 11.3 Å². The van der Waals surface area contributed by atoms with Gasteiger partial charge in [-0.15, -0.1) is 21.5 Å². The van der Waals surface area contributed by atoms with E-state index in [1.54, 1.807) is 0 Å². The summed E-state index contributed by atoms with van der Waals surface area (Å²) in [6.07, 6.45) is -3.68. The second-order valence-corrected chi connectivity index (χ2v) is 14.1. The smallest absolute Gasteiger partial charge is 0.404 e. The zero-order chi connectivity index (χ0) is 32.6. The first-order valence-corrected chi connectivity index (χ1v) is 16.0. The van der Waals surface area contributed by atoms with Crippen LogP contribution in [0, 0.1) is 17.2 Å². The number of aliphatic carboxylic acids is 1. The third-order valence-corrected chi connectivity index (χ3v) is 10.1. The van der Waals surface area contributed by atoms with Crippen molar-refractivity contribution in [1.29, 1.82) is 0 Å². The number of sulfonamides is 1. The van der Waals surface area contributed by atoms with E-state index in [9.17, 15) is 40.3 Å². The number of rotatable bonds is 11. The summed E-state index contributed by atoms with van der Waals surface area (Å²) in [6, 6.07) is -1.04. The van der Waals surface area contributed by atoms with Crippen molar-refractivity contribution in [2.45, 2.75) is 89.3 Å². The van der Waals surface area contributed by atoms with E-state index in [2.05, 4.69) is 15.2 Å². The number of thiazole rings is 1. The fraction of sp³-hybridized carbons (Fsp3) is 0.556. The Balaban J connectivity index is 1.80. The summed E-state index contributed by atoms with van der Waals surface area (Å²) >= 11 is 0.822. The van der Waals surface area contributed by atoms with Crippen LogP contribution in [0.5, 0.6) is 0 Å². The molecule has 2 heterocycles. The predicted molar refractivity (Wildman–Crippen MR) is 147 cm³/mol. The quantitative estimate of drug-likeness (QED) is 0.210. The lowest BCUT2D eigenvalue weighted by Gasteiger charge is -2.21. The van der Waals surface area contributed by atoms with Gasteiger partial charge in [0, 0.05) is 12.0 Å². The minimum absolute atomic E-state index is 0.00700. The third kappa shape index (κ3) is 7.42. The molecule has 0 saturated heterocycles. The molecule has 1 atom stereocenters. The summed E-state index contributed by atoms with van der Waals surface area (Å²) < 4.78 is 116. The van der Waals surface area contributed by atoms with E-state index in [1.807, 2.05) is 0 Å². The number of halogens is 6. The average molecular weight is 669 g/mol. The summed E-state index contributed by atoms with van der Waals surface area (Å²) in [5, 5.41) is 17.3. The summed E-state index contributed by atoms with van der Waals surface area (Å²) in [6.45, 7) is 3.43. The Hall–Kier alpha value is -3.05. The largest absolute Gasteiger partial charge is 0.481 e. The van der Waals surface area contributed by atoms with Crippen molar-refractivity contribution in [2.75, 3.05) is 0 Å². The van der Waals surface area contributed by atoms with Gasteiger partial charge in [-0.25, -0.2) is 26.6 Å². The van der Waals surface area contributed by atoms with Crippen LogP contribution in [0.3, 0.4) is 0 Å². The van der Waals surface area contributed by atoms with Gasteiger partial charge in [0.05, 0.1) is 21.5 Å². The Morgan fingerprint density at radius 1 is 1.16 bits per heavy atom. The number of carboxylic acids is 1. The summed E-state index contributed by atoms with van der Waals surface area (Å²) in [5.74, 6) is -2.97. The minimum atomic E-state index is -5.18. The van der Waals surface area contributed by atoms with Crippen molar-refractivity contribution in [1.82, 2.24) is 19.9 Å². The van der Waals surface area contributed by atoms with Gasteiger partial charge in [0.1, 0.15) is 10.9 Å². The number of alkyl halides is 5. The Labute approximate surface area is 253 Å². The number of carboxylic acid groups (broad SMARTS) is 1. The van der Waals surface area contributed by atoms with Crippen LogP contribution in [0.15, 0.2) is 21.4 Å². The van der Waals surface area contributed by atoms with Crippen molar-refractivity contribution >= 4 is 27.3 Å². The van der Waals surface area contributed by atoms with E-state index in [0.29, 0.717) is 25.1 Å². The first-order valence-electron chi connectivity index (χ1n) is 13.7. The summed E-state index contributed by atoms with van der Waals surface area (Å²) in [4.78, 5) is 14.8. The van der Waals surface area contributed by atoms with E-state index >= 15 is 4.39 Å². The molecule has 9 nitrogen and oxygen atoms in total. The molecular formula is C27H30F6N4O5S2. The maximum atomic E-state index is 15.6. The van der Waals surface area contributed by atoms with E-state index in [4.69, 9.17) is 4.42 Å². The Bertz CT molecular complexity index is 1610. The van der Waals surface area contributed by atoms with Gasteiger partial charge in [-0.2, -0.15) is 17.9 Å². The standard InChI is InChI=1S/C27H30F6N4O5S2/c1-13(27(31,32)33)37-44(40,41)17-10-9-15(19(20(17)28)22(29)30)21-16(11-14-7-5-4-6-8-14)34-24(43-21)23-36-35-18(42-23)12-26(2,3)25(38)39/h9-10,13-14,22,37H,4-8,11-12H2,1-3H3,(H,38,39). The summed E-state index contributed by atoms with van der Waals surface area (Å²) in [7, 11) is -5.18. The molecule has 1 aliphatic carbocycles. The van der Waals surface area contributed by atoms with Crippen LogP contribution in [0.2, 0.25) is 0 Å². The Morgan fingerprint density at radius 2 is 1.82 bits per heavy atom. The lowest BCUT2D eigenvalue weighted by Crippen LogP contribution is -2.43. The molecule has 0 radical (unpaired) electrons. The van der Waals surface area contributed by atoms with Crippen LogP contribution < -0.4 is 4.72 Å². The number of nitrogens with one attached hydrogen (secondary N) is 1. The molecule has 2 N–H and O–H groups in total. The van der Waals surface area contributed by atoms with Crippen molar-refractivity contribution in [3.8, 4) is 21.3 Å². The molecule has 1 aromatic carbocycles. The summed E-state index contributed by atoms with van der Waals surface area (Å²) in [5.41, 5.74) is -2.60. The van der Waals surface area contributed by atoms with Crippen LogP contribution in [-0.4, -0.2) is 46.9 Å². The predicted octanol–water partition coefficient (Wildman–Crippen LogP) is 6.94. The highest BCUT2D eigenvalue weighted by atomic mass is 32.2. The van der Waals surface area contributed by atoms with Gasteiger partial charge in [0.2, 0.25) is 15.9 Å². The third-order valence-electron chi connectivity index (χ3n) is 7.45. The second kappa shape index (κ2) is 12.7. The van der Waals surface area contributed by atoms with Crippen LogP contribution in [-0.2, 0) is 27.7 Å². The topological polar surface area (TPSA) is 135 Å². The number of hydrogen-bond acceptors (Lipinski definition) is 8. The lowest BCUT2D eigenvalue weighted by atomic mass is 9.85. The Kier molecular flexibility index (Phi) is 9.80. The molecule has 242 valence electrons. The van der Waals surface area contributed by atoms with Gasteiger partial charge in [0.15, 0.2) is 10.8 Å². The molecule has 1 aliphatic rings. The van der Waals surface area contributed by atoms with E-state index in [1.165, 1.54) is 18.6 Å². The molecule has 1 saturated carbocycles. The molecule has 0 aliphatic heterocycles. The number of hydrogen-bond donors (Lipinski definition) is 2. The van der Waals surface area contributed by atoms with Gasteiger partial charge in [0.25, 0.3) is 12.3 Å². The lowest BCUT2D eigenvalue weighted by molar-refractivity contribution is -0.147. The van der Waals surface area contributed by atoms with Crippen molar-refractivity contribution < 1.29 is 49.1 Å². The van der Waals surface area contributed by atoms with Gasteiger partial charge in [-0.05, 0) is 39.2 Å². The highest BCUT2D eigenvalue weighted by Gasteiger charge is 2.40. The highest BCUT2D eigenvalue weighted by Crippen LogP contribution is 2.43. The van der Waals surface area contributed by atoms with Gasteiger partial charge in [-0.1, -0.05) is 38.2 Å². The van der Waals surface area contributed by atoms with Crippen molar-refractivity contribution in [3.05, 3.63) is 35.1 Å². The van der Waals surface area contributed by atoms with Crippen LogP contribution in [0.4, 0.5) is 26.3 Å². The monoisotopic (exact) mass is 668 g/mol. The molecule has 4 rings (SSSR count). The van der Waals surface area contributed by atoms with Gasteiger partial charge < -0.3 is 9.52 Å². The van der Waals surface area contributed by atoms with Crippen LogP contribution in [0.25, 0.3) is 21.3 Å². The minimum Gasteiger partial charge on any atom is -0.481 e. The maximum absolute atomic E-state index is 15.6. The molecule has 2 aromatic heterocycles. The number of carbonyl (C=O) groups is 1. The zero-order valence-electron chi connectivity index (χ0n) is 23.8. The van der Waals surface area contributed by atoms with E-state index < -0.39 is 56.3 Å². The second-order valence-electron chi connectivity index (χ2n) is 11.4. The molecule has 0 amide bonds. The first kappa shape index (κ1) is 33.8. The molecule has 3 aromatic rings. The maximum Gasteiger partial charge on any atom is 0.404 e. The normalized spacial score (nSPS) is 16.0. The zero-order valence-corrected chi connectivity index (χ0v) is 25.5. The highest BCUT2D eigenvalue weighted by molar-refractivity contribution is 7.89. The van der Waals surface area contributed by atoms with E-state index in [-0.39, 0.29) is 39.6 Å². The molecular weight excluding hydrogens is 638 g/mol. The average Bonchev–Trinajstić information content (AvgIpc) is 3.54. The molecule has 17 heteroatoms. The Morgan fingerprint density at radius 3 is 2.41 bits per heavy atom. The van der Waals surface area contributed by atoms with Gasteiger partial charge >= 0.3 is 12.1 Å². The first-order chi connectivity index (χ1) is 20.4. The molecule has 44 heavy (non-hydrogen) atoms. The molecule has 1 unspecified atom stereocenters. The molecule has 0 spiro atoms. The fourth-order valence-corrected chi connectivity index (χ4v) is 7.25. The van der Waals surface area contributed by atoms with E-state index in [0.717, 1.165) is 49.5 Å². The van der Waals surface area contributed by atoms with Gasteiger partial charge in [-0.3, -0.25) is 4.79 Å². The SMILES string of the molecule is CC(NS(=O)(=O)c1ccc(-c2sc(-c3nnc(CC(C)(C)C(=O)O)o3)nc2CC2CCCCC2)c(C(F)F)c1F)C(F)(F)F. The number of benzene rings is 1. The number of aromatic nitrogens is 3. The molecule has 0 bridgehead atoms. The fourth-order valence-electron chi connectivity index (χ4n) is 4.88. The van der Waals surface area contributed by atoms with Crippen LogP contribution >= 0.6 is 11.3 Å². The van der Waals surface area contributed by atoms with Crippen LogP contribution in [0.1, 0.15) is 76.4 Å².